The van der Waals surface area contributed by atoms with Crippen LogP contribution in [0.3, 0.4) is 0 Å². The first-order valence-electron chi connectivity index (χ1n) is 9.38. The van der Waals surface area contributed by atoms with Gasteiger partial charge in [-0.3, -0.25) is 19.7 Å². The van der Waals surface area contributed by atoms with Crippen molar-refractivity contribution in [2.45, 2.75) is 12.8 Å². The molecule has 0 saturated carbocycles. The number of para-hydroxylation sites is 1. The van der Waals surface area contributed by atoms with E-state index in [0.29, 0.717) is 42.8 Å². The number of likely N-dealkylation sites (tertiary alicyclic amines) is 1. The van der Waals surface area contributed by atoms with Crippen molar-refractivity contribution in [2.24, 2.45) is 5.92 Å². The van der Waals surface area contributed by atoms with Crippen LogP contribution in [-0.2, 0) is 4.79 Å². The van der Waals surface area contributed by atoms with Gasteiger partial charge in [0.1, 0.15) is 5.75 Å². The van der Waals surface area contributed by atoms with E-state index in [2.05, 4.69) is 0 Å². The fraction of sp³-hybridized carbons (Fsp3) is 0.273. The van der Waals surface area contributed by atoms with Crippen LogP contribution < -0.4 is 4.74 Å². The third-order valence-corrected chi connectivity index (χ3v) is 5.09. The molecule has 0 atom stereocenters. The molecule has 0 spiro atoms. The van der Waals surface area contributed by atoms with E-state index in [1.807, 2.05) is 0 Å². The van der Waals surface area contributed by atoms with Gasteiger partial charge in [-0.2, -0.15) is 0 Å². The van der Waals surface area contributed by atoms with Crippen LogP contribution in [0, 0.1) is 16.0 Å². The smallest absolute Gasteiger partial charge is 0.276 e. The van der Waals surface area contributed by atoms with Gasteiger partial charge in [0.05, 0.1) is 17.6 Å². The summed E-state index contributed by atoms with van der Waals surface area (Å²) in [7, 11) is 1.58. The van der Waals surface area contributed by atoms with Gasteiger partial charge in [-0.25, -0.2) is 0 Å². The molecule has 0 aromatic heterocycles. The highest BCUT2D eigenvalue weighted by Crippen LogP contribution is 2.24. The molecule has 150 valence electrons. The van der Waals surface area contributed by atoms with E-state index in [4.69, 9.17) is 4.74 Å². The standard InChI is InChI=1S/C22H22N2O5/c1-29-19-9-6-17(7-10-19)22(26)18-12-14-23(15-13-18)21(25)11-8-16-4-2-3-5-20(16)24(27)28/h2-11,18H,12-15H2,1H3. The van der Waals surface area contributed by atoms with Crippen molar-refractivity contribution in [3.63, 3.8) is 0 Å². The first-order valence-corrected chi connectivity index (χ1v) is 9.38. The van der Waals surface area contributed by atoms with Gasteiger partial charge in [-0.15, -0.1) is 0 Å². The lowest BCUT2D eigenvalue weighted by Gasteiger charge is -2.30. The second-order valence-corrected chi connectivity index (χ2v) is 6.84. The molecule has 1 aliphatic heterocycles. The lowest BCUT2D eigenvalue weighted by atomic mass is 9.89. The molecule has 0 N–H and O–H groups in total. The Morgan fingerprint density at radius 3 is 2.38 bits per heavy atom. The van der Waals surface area contributed by atoms with Crippen molar-refractivity contribution < 1.29 is 19.2 Å². The van der Waals surface area contributed by atoms with Crippen LogP contribution >= 0.6 is 0 Å². The third-order valence-electron chi connectivity index (χ3n) is 5.09. The SMILES string of the molecule is COc1ccc(C(=O)C2CCN(C(=O)C=Cc3ccccc3[N+](=O)[O-])CC2)cc1. The zero-order chi connectivity index (χ0) is 20.8. The van der Waals surface area contributed by atoms with E-state index in [1.54, 1.807) is 54.5 Å². The van der Waals surface area contributed by atoms with Gasteiger partial charge in [0.2, 0.25) is 5.91 Å². The number of rotatable bonds is 6. The number of ketones is 1. The molecule has 1 saturated heterocycles. The summed E-state index contributed by atoms with van der Waals surface area (Å²) >= 11 is 0. The second-order valence-electron chi connectivity index (χ2n) is 6.84. The number of carbonyl (C=O) groups excluding carboxylic acids is 2. The molecule has 0 aliphatic carbocycles. The first-order chi connectivity index (χ1) is 14.0. The lowest BCUT2D eigenvalue weighted by Crippen LogP contribution is -2.39. The molecule has 1 heterocycles. The molecule has 2 aromatic carbocycles. The van der Waals surface area contributed by atoms with Crippen molar-refractivity contribution in [3.05, 3.63) is 75.8 Å². The Hall–Kier alpha value is -3.48. The minimum absolute atomic E-state index is 0.0413. The van der Waals surface area contributed by atoms with Gasteiger partial charge in [0, 0.05) is 36.7 Å². The quantitative estimate of drug-likeness (QED) is 0.322. The summed E-state index contributed by atoms with van der Waals surface area (Å²) in [4.78, 5) is 37.4. The molecule has 1 amide bonds. The maximum atomic E-state index is 12.7. The van der Waals surface area contributed by atoms with E-state index in [9.17, 15) is 19.7 Å². The molecule has 29 heavy (non-hydrogen) atoms. The predicted molar refractivity (Wildman–Crippen MR) is 109 cm³/mol. The summed E-state index contributed by atoms with van der Waals surface area (Å²) in [5.74, 6) is 0.452. The average molecular weight is 394 g/mol. The maximum absolute atomic E-state index is 12.7. The Bertz CT molecular complexity index is 928. The van der Waals surface area contributed by atoms with Crippen LogP contribution in [0.25, 0.3) is 6.08 Å². The number of nitrogens with zero attached hydrogens (tertiary/aromatic N) is 2. The number of amides is 1. The summed E-state index contributed by atoms with van der Waals surface area (Å²) < 4.78 is 5.11. The highest BCUT2D eigenvalue weighted by Gasteiger charge is 2.27. The first kappa shape index (κ1) is 20.3. The van der Waals surface area contributed by atoms with Gasteiger partial charge in [-0.1, -0.05) is 12.1 Å². The van der Waals surface area contributed by atoms with E-state index in [-0.39, 0.29) is 23.3 Å². The zero-order valence-corrected chi connectivity index (χ0v) is 16.1. The number of piperidine rings is 1. The summed E-state index contributed by atoms with van der Waals surface area (Å²) in [6.45, 7) is 0.958. The maximum Gasteiger partial charge on any atom is 0.276 e. The Kier molecular flexibility index (Phi) is 6.39. The topological polar surface area (TPSA) is 89.8 Å². The van der Waals surface area contributed by atoms with Crippen molar-refractivity contribution in [3.8, 4) is 5.75 Å². The van der Waals surface area contributed by atoms with Crippen LogP contribution in [-0.4, -0.2) is 41.7 Å². The average Bonchev–Trinajstić information content (AvgIpc) is 2.77. The number of carbonyl (C=O) groups is 2. The summed E-state index contributed by atoms with van der Waals surface area (Å²) in [5, 5.41) is 11.1. The van der Waals surface area contributed by atoms with Crippen molar-refractivity contribution in [1.29, 1.82) is 0 Å². The molecular weight excluding hydrogens is 372 g/mol. The van der Waals surface area contributed by atoms with Gasteiger partial charge < -0.3 is 9.64 Å². The number of hydrogen-bond acceptors (Lipinski definition) is 5. The number of hydrogen-bond donors (Lipinski definition) is 0. The Labute approximate surface area is 168 Å². The van der Waals surface area contributed by atoms with Gasteiger partial charge in [-0.05, 0) is 49.2 Å². The Morgan fingerprint density at radius 2 is 1.76 bits per heavy atom. The molecule has 3 rings (SSSR count). The number of benzene rings is 2. The number of nitro benzene ring substituents is 1. The van der Waals surface area contributed by atoms with Crippen LogP contribution in [0.2, 0.25) is 0 Å². The van der Waals surface area contributed by atoms with Crippen LogP contribution in [0.1, 0.15) is 28.8 Å². The zero-order valence-electron chi connectivity index (χ0n) is 16.1. The molecule has 2 aromatic rings. The highest BCUT2D eigenvalue weighted by molar-refractivity contribution is 5.98. The van der Waals surface area contributed by atoms with Crippen molar-refractivity contribution in [1.82, 2.24) is 4.90 Å². The van der Waals surface area contributed by atoms with Crippen LogP contribution in [0.15, 0.2) is 54.6 Å². The van der Waals surface area contributed by atoms with Gasteiger partial charge in [0.15, 0.2) is 5.78 Å². The Balaban J connectivity index is 1.58. The van der Waals surface area contributed by atoms with E-state index >= 15 is 0 Å². The third kappa shape index (κ3) is 4.87. The summed E-state index contributed by atoms with van der Waals surface area (Å²) in [5.41, 5.74) is 0.989. The normalized spacial score (nSPS) is 14.7. The fourth-order valence-corrected chi connectivity index (χ4v) is 3.41. The number of ether oxygens (including phenoxy) is 1. The summed E-state index contributed by atoms with van der Waals surface area (Å²) in [6, 6.07) is 13.3. The van der Waals surface area contributed by atoms with Gasteiger partial charge >= 0.3 is 0 Å². The number of nitro groups is 1. The van der Waals surface area contributed by atoms with Crippen molar-refractivity contribution >= 4 is 23.5 Å². The molecule has 0 radical (unpaired) electrons. The number of methoxy groups -OCH3 is 1. The highest BCUT2D eigenvalue weighted by atomic mass is 16.6. The molecule has 0 unspecified atom stereocenters. The van der Waals surface area contributed by atoms with Crippen molar-refractivity contribution in [2.75, 3.05) is 20.2 Å². The van der Waals surface area contributed by atoms with E-state index in [1.165, 1.54) is 18.2 Å². The van der Waals surface area contributed by atoms with Gasteiger partial charge in [0.25, 0.3) is 5.69 Å². The molecule has 1 fully saturated rings. The second kappa shape index (κ2) is 9.14. The monoisotopic (exact) mass is 394 g/mol. The lowest BCUT2D eigenvalue weighted by molar-refractivity contribution is -0.385. The largest absolute Gasteiger partial charge is 0.497 e. The number of Topliss-reactive ketones (excluding diaryl/α,β-unsaturated/α-hetero) is 1. The minimum Gasteiger partial charge on any atom is -0.497 e. The van der Waals surface area contributed by atoms with E-state index < -0.39 is 4.92 Å². The van der Waals surface area contributed by atoms with E-state index in [0.717, 1.165) is 0 Å². The molecule has 7 heteroatoms. The molecular formula is C22H22N2O5. The summed E-state index contributed by atoms with van der Waals surface area (Å²) in [6.07, 6.45) is 4.01. The van der Waals surface area contributed by atoms with Crippen LogP contribution in [0.5, 0.6) is 5.75 Å². The Morgan fingerprint density at radius 1 is 1.10 bits per heavy atom. The predicted octanol–water partition coefficient (Wildman–Crippen LogP) is 3.74. The molecule has 7 nitrogen and oxygen atoms in total. The fourth-order valence-electron chi connectivity index (χ4n) is 3.41. The molecule has 1 aliphatic rings. The molecule has 0 bridgehead atoms. The minimum atomic E-state index is -0.472. The van der Waals surface area contributed by atoms with Crippen LogP contribution in [0.4, 0.5) is 5.69 Å².